The van der Waals surface area contributed by atoms with Crippen LogP contribution in [0.5, 0.6) is 0 Å². The van der Waals surface area contributed by atoms with Crippen LogP contribution in [-0.2, 0) is 19.1 Å². The van der Waals surface area contributed by atoms with Crippen LogP contribution < -0.4 is 5.32 Å². The molecule has 1 fully saturated rings. The molecule has 1 aromatic carbocycles. The SMILES string of the molecule is COCCN1C(=O)c2ccccc2[C@H](C(=O)N[C@@H](CC(C)C)C(=O)OC)C12CCCC2. The third-order valence-electron chi connectivity index (χ3n) is 6.58. The maximum atomic E-state index is 13.8. The first-order chi connectivity index (χ1) is 14.9. The van der Waals surface area contributed by atoms with E-state index in [4.69, 9.17) is 9.47 Å². The van der Waals surface area contributed by atoms with Gasteiger partial charge in [-0.1, -0.05) is 44.9 Å². The van der Waals surface area contributed by atoms with Crippen molar-refractivity contribution in [3.63, 3.8) is 0 Å². The molecular weight excluding hydrogens is 396 g/mol. The molecule has 7 heteroatoms. The number of hydrogen-bond donors (Lipinski definition) is 1. The van der Waals surface area contributed by atoms with Gasteiger partial charge in [-0.25, -0.2) is 4.79 Å². The normalized spacial score (nSPS) is 20.6. The Hall–Kier alpha value is -2.41. The van der Waals surface area contributed by atoms with Gasteiger partial charge in [-0.05, 0) is 36.8 Å². The summed E-state index contributed by atoms with van der Waals surface area (Å²) in [6, 6.07) is 6.63. The Labute approximate surface area is 184 Å². The number of fused-ring (bicyclic) bond motifs is 1. The first-order valence-electron chi connectivity index (χ1n) is 11.1. The van der Waals surface area contributed by atoms with E-state index >= 15 is 0 Å². The van der Waals surface area contributed by atoms with Crippen molar-refractivity contribution in [1.29, 1.82) is 0 Å². The van der Waals surface area contributed by atoms with Crippen LogP contribution >= 0.6 is 0 Å². The number of benzene rings is 1. The lowest BCUT2D eigenvalue weighted by Crippen LogP contribution is -2.62. The van der Waals surface area contributed by atoms with E-state index in [1.165, 1.54) is 7.11 Å². The zero-order chi connectivity index (χ0) is 22.6. The highest BCUT2D eigenvalue weighted by molar-refractivity contribution is 6.02. The summed E-state index contributed by atoms with van der Waals surface area (Å²) in [5.74, 6) is -1.05. The predicted octanol–water partition coefficient (Wildman–Crippen LogP) is 2.89. The van der Waals surface area contributed by atoms with Crippen molar-refractivity contribution < 1.29 is 23.9 Å². The third kappa shape index (κ3) is 4.47. The second-order valence-corrected chi connectivity index (χ2v) is 8.99. The zero-order valence-corrected chi connectivity index (χ0v) is 19.0. The number of amides is 2. The minimum atomic E-state index is -0.715. The molecule has 0 bridgehead atoms. The molecule has 7 nitrogen and oxygen atoms in total. The van der Waals surface area contributed by atoms with Crippen LogP contribution in [-0.4, -0.2) is 61.6 Å². The molecule has 1 N–H and O–H groups in total. The van der Waals surface area contributed by atoms with E-state index in [2.05, 4.69) is 5.32 Å². The highest BCUT2D eigenvalue weighted by Gasteiger charge is 2.55. The highest BCUT2D eigenvalue weighted by Crippen LogP contribution is 2.50. The van der Waals surface area contributed by atoms with Crippen molar-refractivity contribution in [3.05, 3.63) is 35.4 Å². The Morgan fingerprint density at radius 1 is 1.19 bits per heavy atom. The zero-order valence-electron chi connectivity index (χ0n) is 19.0. The molecule has 1 aromatic rings. The van der Waals surface area contributed by atoms with E-state index < -0.39 is 23.5 Å². The molecule has 1 heterocycles. The number of nitrogens with zero attached hydrogens (tertiary/aromatic N) is 1. The first kappa shape index (κ1) is 23.3. The minimum absolute atomic E-state index is 0.0506. The van der Waals surface area contributed by atoms with Gasteiger partial charge in [0.25, 0.3) is 5.91 Å². The van der Waals surface area contributed by atoms with E-state index in [1.54, 1.807) is 13.2 Å². The second kappa shape index (κ2) is 9.81. The molecule has 2 amide bonds. The molecule has 0 aromatic heterocycles. The standard InChI is InChI=1S/C24H34N2O5/c1-16(2)15-19(23(29)31-4)25-21(27)20-17-9-5-6-10-18(17)22(28)26(13-14-30-3)24(20)11-7-8-12-24/h5-6,9-10,16,19-20H,7-8,11-15H2,1-4H3,(H,25,27)/t19-,20+/m0/s1. The molecule has 2 aliphatic rings. The fraction of sp³-hybridized carbons (Fsp3) is 0.625. The lowest BCUT2D eigenvalue weighted by molar-refractivity contribution is -0.146. The van der Waals surface area contributed by atoms with E-state index in [0.29, 0.717) is 25.1 Å². The molecule has 2 atom stereocenters. The molecule has 0 saturated heterocycles. The Kier molecular flexibility index (Phi) is 7.36. The van der Waals surface area contributed by atoms with Gasteiger partial charge in [-0.2, -0.15) is 0 Å². The number of rotatable bonds is 8. The maximum absolute atomic E-state index is 13.8. The Morgan fingerprint density at radius 2 is 1.87 bits per heavy atom. The van der Waals surface area contributed by atoms with Crippen molar-refractivity contribution >= 4 is 17.8 Å². The first-order valence-corrected chi connectivity index (χ1v) is 11.1. The molecule has 0 unspecified atom stereocenters. The molecule has 1 spiro atoms. The van der Waals surface area contributed by atoms with Crippen LogP contribution in [0.3, 0.4) is 0 Å². The highest BCUT2D eigenvalue weighted by atomic mass is 16.5. The van der Waals surface area contributed by atoms with Gasteiger partial charge in [0.1, 0.15) is 6.04 Å². The number of ether oxygens (including phenoxy) is 2. The topological polar surface area (TPSA) is 84.9 Å². The van der Waals surface area contributed by atoms with Gasteiger partial charge in [-0.15, -0.1) is 0 Å². The average molecular weight is 431 g/mol. The summed E-state index contributed by atoms with van der Waals surface area (Å²) in [7, 11) is 2.95. The van der Waals surface area contributed by atoms with Crippen molar-refractivity contribution in [3.8, 4) is 0 Å². The van der Waals surface area contributed by atoms with E-state index in [-0.39, 0.29) is 17.7 Å². The second-order valence-electron chi connectivity index (χ2n) is 8.99. The summed E-state index contributed by atoms with van der Waals surface area (Å²) < 4.78 is 10.2. The number of carbonyl (C=O) groups is 3. The summed E-state index contributed by atoms with van der Waals surface area (Å²) in [6.07, 6.45) is 3.90. The number of carbonyl (C=O) groups excluding carboxylic acids is 3. The minimum Gasteiger partial charge on any atom is -0.467 e. The Balaban J connectivity index is 2.04. The molecule has 0 radical (unpaired) electrons. The molecule has 1 aliphatic carbocycles. The van der Waals surface area contributed by atoms with Crippen LogP contribution in [0.15, 0.2) is 24.3 Å². The van der Waals surface area contributed by atoms with Crippen LogP contribution in [0.1, 0.15) is 67.8 Å². The Morgan fingerprint density at radius 3 is 2.48 bits per heavy atom. The van der Waals surface area contributed by atoms with Gasteiger partial charge in [0.2, 0.25) is 5.91 Å². The summed E-state index contributed by atoms with van der Waals surface area (Å²) in [4.78, 5) is 41.4. The quantitative estimate of drug-likeness (QED) is 0.641. The largest absolute Gasteiger partial charge is 0.467 e. The third-order valence-corrected chi connectivity index (χ3v) is 6.58. The number of nitrogens with one attached hydrogen (secondary N) is 1. The number of esters is 1. The van der Waals surface area contributed by atoms with Crippen LogP contribution in [0.25, 0.3) is 0 Å². The van der Waals surface area contributed by atoms with Crippen molar-refractivity contribution in [2.75, 3.05) is 27.4 Å². The molecule has 170 valence electrons. The smallest absolute Gasteiger partial charge is 0.328 e. The van der Waals surface area contributed by atoms with Gasteiger partial charge in [0.15, 0.2) is 0 Å². The van der Waals surface area contributed by atoms with Gasteiger partial charge in [-0.3, -0.25) is 9.59 Å². The predicted molar refractivity (Wildman–Crippen MR) is 117 cm³/mol. The number of methoxy groups -OCH3 is 2. The summed E-state index contributed by atoms with van der Waals surface area (Å²) in [5, 5.41) is 2.97. The van der Waals surface area contributed by atoms with Gasteiger partial charge < -0.3 is 19.7 Å². The van der Waals surface area contributed by atoms with E-state index in [1.807, 2.05) is 36.9 Å². The molecule has 1 saturated carbocycles. The lowest BCUT2D eigenvalue weighted by Gasteiger charge is -2.50. The molecular formula is C24H34N2O5. The van der Waals surface area contributed by atoms with Crippen molar-refractivity contribution in [2.45, 2.75) is 63.5 Å². The van der Waals surface area contributed by atoms with Crippen LogP contribution in [0.4, 0.5) is 0 Å². The summed E-state index contributed by atoms with van der Waals surface area (Å²) >= 11 is 0. The van der Waals surface area contributed by atoms with Crippen LogP contribution in [0, 0.1) is 5.92 Å². The van der Waals surface area contributed by atoms with E-state index in [9.17, 15) is 14.4 Å². The fourth-order valence-corrected chi connectivity index (χ4v) is 5.26. The average Bonchev–Trinajstić information content (AvgIpc) is 3.22. The summed E-state index contributed by atoms with van der Waals surface area (Å²) in [6.45, 7) is 4.84. The molecule has 31 heavy (non-hydrogen) atoms. The monoisotopic (exact) mass is 430 g/mol. The molecule has 1 aliphatic heterocycles. The van der Waals surface area contributed by atoms with Gasteiger partial charge in [0.05, 0.1) is 25.2 Å². The van der Waals surface area contributed by atoms with Crippen LogP contribution in [0.2, 0.25) is 0 Å². The van der Waals surface area contributed by atoms with Crippen molar-refractivity contribution in [2.24, 2.45) is 5.92 Å². The lowest BCUT2D eigenvalue weighted by atomic mass is 9.71. The van der Waals surface area contributed by atoms with Crippen molar-refractivity contribution in [1.82, 2.24) is 10.2 Å². The maximum Gasteiger partial charge on any atom is 0.328 e. The number of hydrogen-bond acceptors (Lipinski definition) is 5. The molecule has 3 rings (SSSR count). The Bertz CT molecular complexity index is 816. The van der Waals surface area contributed by atoms with Gasteiger partial charge in [0, 0.05) is 19.2 Å². The summed E-state index contributed by atoms with van der Waals surface area (Å²) in [5.41, 5.74) is 0.690. The van der Waals surface area contributed by atoms with E-state index in [0.717, 1.165) is 31.2 Å². The fourth-order valence-electron chi connectivity index (χ4n) is 5.26. The van der Waals surface area contributed by atoms with Gasteiger partial charge >= 0.3 is 5.97 Å².